The molecule has 0 radical (unpaired) electrons. The first kappa shape index (κ1) is 14.0. The summed E-state index contributed by atoms with van der Waals surface area (Å²) in [6.45, 7) is 2.66. The van der Waals surface area contributed by atoms with Gasteiger partial charge in [0.2, 0.25) is 0 Å². The van der Waals surface area contributed by atoms with Crippen LogP contribution in [0.3, 0.4) is 0 Å². The first-order valence-corrected chi connectivity index (χ1v) is 6.33. The molecule has 0 spiro atoms. The third-order valence-corrected chi connectivity index (χ3v) is 3.37. The average Bonchev–Trinajstić information content (AvgIpc) is 2.47. The number of hydrogen-bond donors (Lipinski definition) is 1. The SMILES string of the molecule is COc1ccc(C=O)cc1CN1CCOCC1CO. The molecule has 1 aromatic rings. The second kappa shape index (κ2) is 6.65. The van der Waals surface area contributed by atoms with Crippen molar-refractivity contribution in [2.45, 2.75) is 12.6 Å². The zero-order chi connectivity index (χ0) is 13.7. The maximum atomic E-state index is 10.9. The molecule has 1 aliphatic rings. The van der Waals surface area contributed by atoms with Crippen LogP contribution in [-0.4, -0.2) is 55.8 Å². The van der Waals surface area contributed by atoms with E-state index in [0.717, 1.165) is 24.1 Å². The molecule has 0 bridgehead atoms. The van der Waals surface area contributed by atoms with Gasteiger partial charge in [0.05, 0.1) is 33.0 Å². The summed E-state index contributed by atoms with van der Waals surface area (Å²) in [7, 11) is 1.61. The van der Waals surface area contributed by atoms with Crippen LogP contribution >= 0.6 is 0 Å². The summed E-state index contributed by atoms with van der Waals surface area (Å²) in [6, 6.07) is 5.36. The summed E-state index contributed by atoms with van der Waals surface area (Å²) >= 11 is 0. The van der Waals surface area contributed by atoms with Crippen LogP contribution in [0.5, 0.6) is 5.75 Å². The van der Waals surface area contributed by atoms with Gasteiger partial charge in [0.25, 0.3) is 0 Å². The van der Waals surface area contributed by atoms with E-state index in [1.165, 1.54) is 0 Å². The van der Waals surface area contributed by atoms with Gasteiger partial charge in [-0.05, 0) is 18.2 Å². The highest BCUT2D eigenvalue weighted by molar-refractivity contribution is 5.75. The van der Waals surface area contributed by atoms with Crippen LogP contribution in [0.1, 0.15) is 15.9 Å². The summed E-state index contributed by atoms with van der Waals surface area (Å²) in [5.41, 5.74) is 1.58. The molecule has 5 heteroatoms. The predicted octanol–water partition coefficient (Wildman–Crippen LogP) is 0.701. The van der Waals surface area contributed by atoms with Crippen molar-refractivity contribution in [3.05, 3.63) is 29.3 Å². The topological polar surface area (TPSA) is 59.0 Å². The molecule has 1 aliphatic heterocycles. The summed E-state index contributed by atoms with van der Waals surface area (Å²) in [4.78, 5) is 13.0. The molecule has 1 fully saturated rings. The predicted molar refractivity (Wildman–Crippen MR) is 70.5 cm³/mol. The molecule has 0 aliphatic carbocycles. The molecule has 1 saturated heterocycles. The van der Waals surface area contributed by atoms with E-state index < -0.39 is 0 Å². The Bertz CT molecular complexity index is 435. The molecule has 104 valence electrons. The van der Waals surface area contributed by atoms with Crippen molar-refractivity contribution >= 4 is 6.29 Å². The van der Waals surface area contributed by atoms with Gasteiger partial charge in [0.1, 0.15) is 12.0 Å². The Balaban J connectivity index is 2.18. The van der Waals surface area contributed by atoms with Crippen LogP contribution in [-0.2, 0) is 11.3 Å². The van der Waals surface area contributed by atoms with Gasteiger partial charge in [0, 0.05) is 24.2 Å². The summed E-state index contributed by atoms with van der Waals surface area (Å²) in [5.74, 6) is 0.758. The quantitative estimate of drug-likeness (QED) is 0.794. The monoisotopic (exact) mass is 265 g/mol. The summed E-state index contributed by atoms with van der Waals surface area (Å²) in [5, 5.41) is 9.36. The molecule has 1 unspecified atom stereocenters. The highest BCUT2D eigenvalue weighted by Crippen LogP contribution is 2.22. The van der Waals surface area contributed by atoms with Crippen molar-refractivity contribution in [1.29, 1.82) is 0 Å². The largest absolute Gasteiger partial charge is 0.496 e. The fraction of sp³-hybridized carbons (Fsp3) is 0.500. The van der Waals surface area contributed by atoms with E-state index in [2.05, 4.69) is 4.90 Å². The highest BCUT2D eigenvalue weighted by atomic mass is 16.5. The van der Waals surface area contributed by atoms with Gasteiger partial charge >= 0.3 is 0 Å². The van der Waals surface area contributed by atoms with Crippen LogP contribution in [0.15, 0.2) is 18.2 Å². The number of benzene rings is 1. The van der Waals surface area contributed by atoms with Crippen LogP contribution in [0.25, 0.3) is 0 Å². The zero-order valence-corrected chi connectivity index (χ0v) is 11.0. The first-order chi connectivity index (χ1) is 9.28. The number of ether oxygens (including phenoxy) is 2. The number of rotatable bonds is 5. The van der Waals surface area contributed by atoms with Gasteiger partial charge in [-0.15, -0.1) is 0 Å². The van der Waals surface area contributed by atoms with Crippen molar-refractivity contribution in [2.24, 2.45) is 0 Å². The Morgan fingerprint density at radius 1 is 1.58 bits per heavy atom. The fourth-order valence-electron chi connectivity index (χ4n) is 2.28. The molecule has 1 N–H and O–H groups in total. The van der Waals surface area contributed by atoms with Crippen LogP contribution in [0.2, 0.25) is 0 Å². The normalized spacial score (nSPS) is 20.2. The summed E-state index contributed by atoms with van der Waals surface area (Å²) < 4.78 is 10.7. The molecule has 1 atom stereocenters. The molecule has 1 heterocycles. The number of hydrogen-bond acceptors (Lipinski definition) is 5. The molecule has 0 aromatic heterocycles. The average molecular weight is 265 g/mol. The number of carbonyl (C=O) groups is 1. The Morgan fingerprint density at radius 2 is 2.42 bits per heavy atom. The fourth-order valence-corrected chi connectivity index (χ4v) is 2.28. The van der Waals surface area contributed by atoms with E-state index in [9.17, 15) is 9.90 Å². The van der Waals surface area contributed by atoms with Gasteiger partial charge in [0.15, 0.2) is 0 Å². The van der Waals surface area contributed by atoms with E-state index in [4.69, 9.17) is 9.47 Å². The zero-order valence-electron chi connectivity index (χ0n) is 11.0. The minimum atomic E-state index is -0.00153. The van der Waals surface area contributed by atoms with E-state index >= 15 is 0 Å². The second-order valence-corrected chi connectivity index (χ2v) is 4.57. The van der Waals surface area contributed by atoms with E-state index in [-0.39, 0.29) is 12.6 Å². The smallest absolute Gasteiger partial charge is 0.150 e. The highest BCUT2D eigenvalue weighted by Gasteiger charge is 2.23. The third-order valence-electron chi connectivity index (χ3n) is 3.37. The third kappa shape index (κ3) is 3.32. The van der Waals surface area contributed by atoms with Gasteiger partial charge in [-0.1, -0.05) is 0 Å². The first-order valence-electron chi connectivity index (χ1n) is 6.33. The lowest BCUT2D eigenvalue weighted by atomic mass is 10.1. The number of carbonyl (C=O) groups excluding carboxylic acids is 1. The van der Waals surface area contributed by atoms with Gasteiger partial charge in [-0.25, -0.2) is 0 Å². The maximum absolute atomic E-state index is 10.9. The number of aliphatic hydroxyl groups is 1. The van der Waals surface area contributed by atoms with Crippen molar-refractivity contribution < 1.29 is 19.4 Å². The Hall–Kier alpha value is -1.43. The number of morpholine rings is 1. The van der Waals surface area contributed by atoms with E-state index in [0.29, 0.717) is 25.3 Å². The Labute approximate surface area is 112 Å². The lowest BCUT2D eigenvalue weighted by Crippen LogP contribution is -2.46. The molecular formula is C14H19NO4. The van der Waals surface area contributed by atoms with Gasteiger partial charge in [-0.3, -0.25) is 9.69 Å². The van der Waals surface area contributed by atoms with Crippen molar-refractivity contribution in [1.82, 2.24) is 4.90 Å². The molecule has 0 amide bonds. The summed E-state index contributed by atoms with van der Waals surface area (Å²) in [6.07, 6.45) is 0.825. The maximum Gasteiger partial charge on any atom is 0.150 e. The number of methoxy groups -OCH3 is 1. The van der Waals surface area contributed by atoms with E-state index in [1.807, 2.05) is 6.07 Å². The minimum Gasteiger partial charge on any atom is -0.496 e. The van der Waals surface area contributed by atoms with Crippen molar-refractivity contribution in [3.8, 4) is 5.75 Å². The molecule has 19 heavy (non-hydrogen) atoms. The molecule has 2 rings (SSSR count). The lowest BCUT2D eigenvalue weighted by molar-refractivity contribution is -0.0315. The number of nitrogens with zero attached hydrogens (tertiary/aromatic N) is 1. The standard InChI is InChI=1S/C14H19NO4/c1-18-14-3-2-11(8-16)6-12(14)7-15-4-5-19-10-13(15)9-17/h2-3,6,8,13,17H,4-5,7,9-10H2,1H3. The Morgan fingerprint density at radius 3 is 3.11 bits per heavy atom. The molecular weight excluding hydrogens is 246 g/mol. The molecule has 0 saturated carbocycles. The van der Waals surface area contributed by atoms with Gasteiger partial charge < -0.3 is 14.6 Å². The van der Waals surface area contributed by atoms with Gasteiger partial charge in [-0.2, -0.15) is 0 Å². The van der Waals surface area contributed by atoms with E-state index in [1.54, 1.807) is 19.2 Å². The van der Waals surface area contributed by atoms with Crippen molar-refractivity contribution in [3.63, 3.8) is 0 Å². The molecule has 5 nitrogen and oxygen atoms in total. The van der Waals surface area contributed by atoms with Crippen LogP contribution in [0.4, 0.5) is 0 Å². The lowest BCUT2D eigenvalue weighted by Gasteiger charge is -2.34. The van der Waals surface area contributed by atoms with Crippen molar-refractivity contribution in [2.75, 3.05) is 33.5 Å². The number of aliphatic hydroxyl groups excluding tert-OH is 1. The van der Waals surface area contributed by atoms with Crippen LogP contribution in [0, 0.1) is 0 Å². The number of aldehydes is 1. The van der Waals surface area contributed by atoms with Crippen LogP contribution < -0.4 is 4.74 Å². The minimum absolute atomic E-state index is 0.00153. The second-order valence-electron chi connectivity index (χ2n) is 4.57. The molecule has 1 aromatic carbocycles. The Kier molecular flexibility index (Phi) is 4.90.